The fourth-order valence-electron chi connectivity index (χ4n) is 3.10. The molecule has 1 aromatic rings. The minimum absolute atomic E-state index is 0.0987. The number of hydrogen-bond donors (Lipinski definition) is 0. The lowest BCUT2D eigenvalue weighted by Gasteiger charge is -2.22. The molecule has 1 unspecified atom stereocenters. The average molecular weight is 275 g/mol. The van der Waals surface area contributed by atoms with Crippen LogP contribution in [0, 0.1) is 5.92 Å². The molecular formula is C16H21NO3. The number of carbonyl (C=O) groups is 1. The van der Waals surface area contributed by atoms with E-state index in [1.54, 1.807) is 0 Å². The molecule has 0 saturated heterocycles. The standard InChI is InChI=1S/C16H21NO3/c1-3-5-11-6-12-7-14-15(20-10-19-14)8-13(12)9-17(4-2)16(11)18/h7-8,11H,3-6,9-10H2,1-2H3. The highest BCUT2D eigenvalue weighted by molar-refractivity contribution is 5.80. The van der Waals surface area contributed by atoms with Crippen LogP contribution >= 0.6 is 0 Å². The fraction of sp³-hybridized carbons (Fsp3) is 0.562. The summed E-state index contributed by atoms with van der Waals surface area (Å²) in [6, 6.07) is 4.11. The molecule has 3 rings (SSSR count). The Balaban J connectivity index is 1.98. The van der Waals surface area contributed by atoms with Gasteiger partial charge in [0.05, 0.1) is 0 Å². The van der Waals surface area contributed by atoms with Gasteiger partial charge in [-0.3, -0.25) is 4.79 Å². The molecule has 1 atom stereocenters. The first-order valence-corrected chi connectivity index (χ1v) is 7.43. The number of ether oxygens (including phenoxy) is 2. The summed E-state index contributed by atoms with van der Waals surface area (Å²) in [6.45, 7) is 5.91. The monoisotopic (exact) mass is 275 g/mol. The third kappa shape index (κ3) is 2.23. The molecule has 0 aliphatic carbocycles. The van der Waals surface area contributed by atoms with E-state index in [1.807, 2.05) is 17.9 Å². The molecule has 20 heavy (non-hydrogen) atoms. The summed E-state index contributed by atoms with van der Waals surface area (Å²) < 4.78 is 10.9. The van der Waals surface area contributed by atoms with Gasteiger partial charge < -0.3 is 14.4 Å². The Bertz CT molecular complexity index is 527. The van der Waals surface area contributed by atoms with Crippen LogP contribution in [0.5, 0.6) is 11.5 Å². The van der Waals surface area contributed by atoms with Crippen molar-refractivity contribution < 1.29 is 14.3 Å². The molecule has 108 valence electrons. The van der Waals surface area contributed by atoms with Crippen molar-refractivity contribution in [1.82, 2.24) is 4.90 Å². The summed E-state index contributed by atoms with van der Waals surface area (Å²) in [4.78, 5) is 14.5. The lowest BCUT2D eigenvalue weighted by molar-refractivity contribution is -0.135. The van der Waals surface area contributed by atoms with E-state index in [0.717, 1.165) is 37.3 Å². The Labute approximate surface area is 119 Å². The Morgan fingerprint density at radius 1 is 1.20 bits per heavy atom. The molecule has 2 heterocycles. The minimum atomic E-state index is 0.0987. The number of rotatable bonds is 3. The summed E-state index contributed by atoms with van der Waals surface area (Å²) in [5.41, 5.74) is 2.43. The number of fused-ring (bicyclic) bond motifs is 2. The third-order valence-corrected chi connectivity index (χ3v) is 4.20. The zero-order valence-electron chi connectivity index (χ0n) is 12.1. The van der Waals surface area contributed by atoms with Gasteiger partial charge in [-0.2, -0.15) is 0 Å². The van der Waals surface area contributed by atoms with Gasteiger partial charge in [0.25, 0.3) is 0 Å². The van der Waals surface area contributed by atoms with E-state index in [2.05, 4.69) is 13.0 Å². The van der Waals surface area contributed by atoms with Crippen molar-refractivity contribution in [3.63, 3.8) is 0 Å². The van der Waals surface area contributed by atoms with Gasteiger partial charge >= 0.3 is 0 Å². The van der Waals surface area contributed by atoms with E-state index < -0.39 is 0 Å². The molecule has 4 heteroatoms. The highest BCUT2D eigenvalue weighted by atomic mass is 16.7. The maximum Gasteiger partial charge on any atom is 0.231 e. The molecule has 0 aromatic heterocycles. The first kappa shape index (κ1) is 13.3. The highest BCUT2D eigenvalue weighted by Gasteiger charge is 2.29. The van der Waals surface area contributed by atoms with Crippen molar-refractivity contribution in [2.75, 3.05) is 13.3 Å². The van der Waals surface area contributed by atoms with Gasteiger partial charge in [-0.25, -0.2) is 0 Å². The van der Waals surface area contributed by atoms with Gasteiger partial charge in [-0.05, 0) is 43.0 Å². The Morgan fingerprint density at radius 2 is 1.90 bits per heavy atom. The zero-order chi connectivity index (χ0) is 14.1. The van der Waals surface area contributed by atoms with Gasteiger partial charge in [0.1, 0.15) is 0 Å². The maximum absolute atomic E-state index is 12.6. The van der Waals surface area contributed by atoms with Gasteiger partial charge in [-0.15, -0.1) is 0 Å². The molecule has 0 saturated carbocycles. The van der Waals surface area contributed by atoms with Crippen LogP contribution in [0.4, 0.5) is 0 Å². The topological polar surface area (TPSA) is 38.8 Å². The number of amides is 1. The lowest BCUT2D eigenvalue weighted by atomic mass is 9.93. The second-order valence-electron chi connectivity index (χ2n) is 5.52. The normalized spacial score (nSPS) is 20.8. The Kier molecular flexibility index (Phi) is 3.55. The van der Waals surface area contributed by atoms with Crippen molar-refractivity contribution in [3.05, 3.63) is 23.3 Å². The number of benzene rings is 1. The average Bonchev–Trinajstić information content (AvgIpc) is 2.85. The summed E-state index contributed by atoms with van der Waals surface area (Å²) in [6.07, 6.45) is 2.80. The Morgan fingerprint density at radius 3 is 2.55 bits per heavy atom. The summed E-state index contributed by atoms with van der Waals surface area (Å²) >= 11 is 0. The van der Waals surface area contributed by atoms with E-state index in [-0.39, 0.29) is 11.8 Å². The minimum Gasteiger partial charge on any atom is -0.454 e. The summed E-state index contributed by atoms with van der Waals surface area (Å²) in [5.74, 6) is 2.01. The van der Waals surface area contributed by atoms with E-state index in [4.69, 9.17) is 9.47 Å². The predicted molar refractivity (Wildman–Crippen MR) is 75.8 cm³/mol. The van der Waals surface area contributed by atoms with Crippen LogP contribution in [0.25, 0.3) is 0 Å². The molecule has 0 bridgehead atoms. The second kappa shape index (κ2) is 5.35. The van der Waals surface area contributed by atoms with E-state index in [9.17, 15) is 4.79 Å². The number of carbonyl (C=O) groups excluding carboxylic acids is 1. The van der Waals surface area contributed by atoms with Crippen LogP contribution in [-0.4, -0.2) is 24.1 Å². The zero-order valence-corrected chi connectivity index (χ0v) is 12.1. The van der Waals surface area contributed by atoms with Crippen LogP contribution < -0.4 is 9.47 Å². The predicted octanol–water partition coefficient (Wildman–Crippen LogP) is 2.74. The molecule has 2 aliphatic heterocycles. The van der Waals surface area contributed by atoms with Crippen LogP contribution in [0.15, 0.2) is 12.1 Å². The van der Waals surface area contributed by atoms with Gasteiger partial charge in [0.15, 0.2) is 11.5 Å². The van der Waals surface area contributed by atoms with E-state index in [0.29, 0.717) is 13.3 Å². The van der Waals surface area contributed by atoms with E-state index in [1.165, 1.54) is 11.1 Å². The SMILES string of the molecule is CCCC1Cc2cc3c(cc2CN(CC)C1=O)OCO3. The van der Waals surface area contributed by atoms with Gasteiger partial charge in [0, 0.05) is 19.0 Å². The lowest BCUT2D eigenvalue weighted by Crippen LogP contribution is -2.34. The molecule has 0 N–H and O–H groups in total. The van der Waals surface area contributed by atoms with Gasteiger partial charge in [0.2, 0.25) is 12.7 Å². The highest BCUT2D eigenvalue weighted by Crippen LogP contribution is 2.37. The first-order valence-electron chi connectivity index (χ1n) is 7.43. The van der Waals surface area contributed by atoms with Crippen molar-refractivity contribution in [2.45, 2.75) is 39.7 Å². The summed E-state index contributed by atoms with van der Waals surface area (Å²) in [5, 5.41) is 0. The van der Waals surface area contributed by atoms with Crippen LogP contribution in [0.2, 0.25) is 0 Å². The molecule has 1 amide bonds. The first-order chi connectivity index (χ1) is 9.72. The van der Waals surface area contributed by atoms with Crippen molar-refractivity contribution >= 4 is 5.91 Å². The van der Waals surface area contributed by atoms with Crippen LogP contribution in [0.3, 0.4) is 0 Å². The quantitative estimate of drug-likeness (QED) is 0.851. The molecule has 1 aromatic carbocycles. The summed E-state index contributed by atoms with van der Waals surface area (Å²) in [7, 11) is 0. The molecular weight excluding hydrogens is 254 g/mol. The smallest absolute Gasteiger partial charge is 0.231 e. The second-order valence-corrected chi connectivity index (χ2v) is 5.52. The fourth-order valence-corrected chi connectivity index (χ4v) is 3.10. The maximum atomic E-state index is 12.6. The van der Waals surface area contributed by atoms with Crippen molar-refractivity contribution in [1.29, 1.82) is 0 Å². The Hall–Kier alpha value is -1.71. The van der Waals surface area contributed by atoms with Crippen molar-refractivity contribution in [3.8, 4) is 11.5 Å². The molecule has 0 fully saturated rings. The van der Waals surface area contributed by atoms with Gasteiger partial charge in [-0.1, -0.05) is 13.3 Å². The largest absolute Gasteiger partial charge is 0.454 e. The number of nitrogens with zero attached hydrogens (tertiary/aromatic N) is 1. The molecule has 4 nitrogen and oxygen atoms in total. The van der Waals surface area contributed by atoms with Crippen LogP contribution in [0.1, 0.15) is 37.8 Å². The molecule has 0 spiro atoms. The van der Waals surface area contributed by atoms with Crippen molar-refractivity contribution in [2.24, 2.45) is 5.92 Å². The molecule has 2 aliphatic rings. The third-order valence-electron chi connectivity index (χ3n) is 4.20. The molecule has 0 radical (unpaired) electrons. The number of hydrogen-bond acceptors (Lipinski definition) is 3. The van der Waals surface area contributed by atoms with Crippen LogP contribution in [-0.2, 0) is 17.8 Å². The van der Waals surface area contributed by atoms with E-state index >= 15 is 0 Å².